The molecule has 8 nitrogen and oxygen atoms in total. The maximum atomic E-state index is 12.4. The third kappa shape index (κ3) is 3.70. The van der Waals surface area contributed by atoms with Crippen molar-refractivity contribution in [2.24, 2.45) is 0 Å². The van der Waals surface area contributed by atoms with Gasteiger partial charge in [0.05, 0.1) is 24.7 Å². The lowest BCUT2D eigenvalue weighted by atomic mass is 10.2. The van der Waals surface area contributed by atoms with Gasteiger partial charge in [0.25, 0.3) is 0 Å². The molecule has 0 bridgehead atoms. The number of ether oxygens (including phenoxy) is 2. The van der Waals surface area contributed by atoms with Crippen LogP contribution in [0.5, 0.6) is 0 Å². The molecule has 0 heterocycles. The Morgan fingerprint density at radius 1 is 1.24 bits per heavy atom. The molecule has 1 aromatic rings. The molecule has 2 N–H and O–H groups in total. The van der Waals surface area contributed by atoms with E-state index in [1.54, 1.807) is 0 Å². The van der Waals surface area contributed by atoms with E-state index in [9.17, 15) is 18.0 Å². The molecule has 0 fully saturated rings. The van der Waals surface area contributed by atoms with Crippen molar-refractivity contribution in [1.82, 2.24) is 4.31 Å². The van der Waals surface area contributed by atoms with E-state index in [1.807, 2.05) is 0 Å². The molecule has 0 unspecified atom stereocenters. The van der Waals surface area contributed by atoms with Crippen molar-refractivity contribution < 1.29 is 27.5 Å². The van der Waals surface area contributed by atoms with Crippen molar-refractivity contribution in [2.45, 2.75) is 4.90 Å². The first-order valence-corrected chi connectivity index (χ1v) is 7.19. The van der Waals surface area contributed by atoms with Crippen LogP contribution in [0.2, 0.25) is 0 Å². The highest BCUT2D eigenvalue weighted by molar-refractivity contribution is 7.89. The Morgan fingerprint density at radius 2 is 1.86 bits per heavy atom. The Morgan fingerprint density at radius 3 is 2.38 bits per heavy atom. The van der Waals surface area contributed by atoms with Crippen LogP contribution in [-0.4, -0.2) is 52.5 Å². The zero-order valence-corrected chi connectivity index (χ0v) is 12.6. The van der Waals surface area contributed by atoms with E-state index in [1.165, 1.54) is 19.2 Å². The summed E-state index contributed by atoms with van der Waals surface area (Å²) in [4.78, 5) is 22.5. The van der Waals surface area contributed by atoms with E-state index in [2.05, 4.69) is 9.47 Å². The standard InChI is InChI=1S/C12H16N2O6S/c1-14(7-11(15)19-2)21(17,18)10-6-8(13)4-5-9(10)12(16)20-3/h4-6H,7,13H2,1-3H3. The number of carbonyl (C=O) groups excluding carboxylic acids is 2. The molecule has 0 radical (unpaired) electrons. The topological polar surface area (TPSA) is 116 Å². The van der Waals surface area contributed by atoms with Crippen molar-refractivity contribution in [3.8, 4) is 0 Å². The monoisotopic (exact) mass is 316 g/mol. The predicted molar refractivity (Wildman–Crippen MR) is 74.0 cm³/mol. The van der Waals surface area contributed by atoms with Crippen LogP contribution in [0.15, 0.2) is 23.1 Å². The Bertz CT molecular complexity index is 656. The van der Waals surface area contributed by atoms with Crippen LogP contribution in [0, 0.1) is 0 Å². The molecule has 116 valence electrons. The smallest absolute Gasteiger partial charge is 0.339 e. The number of benzene rings is 1. The third-order valence-electron chi connectivity index (χ3n) is 2.68. The number of methoxy groups -OCH3 is 2. The zero-order chi connectivity index (χ0) is 16.2. The lowest BCUT2D eigenvalue weighted by Gasteiger charge is -2.18. The number of hydrogen-bond donors (Lipinski definition) is 1. The van der Waals surface area contributed by atoms with Gasteiger partial charge in [-0.05, 0) is 18.2 Å². The van der Waals surface area contributed by atoms with Crippen molar-refractivity contribution in [3.63, 3.8) is 0 Å². The Balaban J connectivity index is 3.33. The molecule has 0 spiro atoms. The molecule has 0 aliphatic carbocycles. The van der Waals surface area contributed by atoms with Gasteiger partial charge in [-0.1, -0.05) is 0 Å². The van der Waals surface area contributed by atoms with Gasteiger partial charge in [0, 0.05) is 12.7 Å². The van der Waals surface area contributed by atoms with E-state index in [0.717, 1.165) is 24.6 Å². The van der Waals surface area contributed by atoms with Crippen LogP contribution in [0.1, 0.15) is 10.4 Å². The molecule has 0 saturated carbocycles. The van der Waals surface area contributed by atoms with Gasteiger partial charge in [-0.15, -0.1) is 0 Å². The number of anilines is 1. The predicted octanol–water partition coefficient (Wildman–Crippen LogP) is -0.151. The maximum Gasteiger partial charge on any atom is 0.339 e. The minimum atomic E-state index is -4.10. The maximum absolute atomic E-state index is 12.4. The fraction of sp³-hybridized carbons (Fsp3) is 0.333. The van der Waals surface area contributed by atoms with Crippen LogP contribution in [0.25, 0.3) is 0 Å². The molecule has 0 aliphatic rings. The quantitative estimate of drug-likeness (QED) is 0.593. The van der Waals surface area contributed by atoms with Gasteiger partial charge in [0.1, 0.15) is 6.54 Å². The summed E-state index contributed by atoms with van der Waals surface area (Å²) in [5.74, 6) is -1.55. The first-order valence-electron chi connectivity index (χ1n) is 5.75. The Labute approximate surface area is 122 Å². The summed E-state index contributed by atoms with van der Waals surface area (Å²) >= 11 is 0. The molecular formula is C12H16N2O6S. The summed E-state index contributed by atoms with van der Waals surface area (Å²) in [5, 5.41) is 0. The molecule has 9 heteroatoms. The largest absolute Gasteiger partial charge is 0.468 e. The van der Waals surface area contributed by atoms with Crippen LogP contribution in [0.3, 0.4) is 0 Å². The van der Waals surface area contributed by atoms with Crippen LogP contribution in [0.4, 0.5) is 5.69 Å². The van der Waals surface area contributed by atoms with Gasteiger partial charge >= 0.3 is 11.9 Å². The number of rotatable bonds is 5. The normalized spacial score (nSPS) is 11.2. The van der Waals surface area contributed by atoms with Gasteiger partial charge in [-0.25, -0.2) is 13.2 Å². The van der Waals surface area contributed by atoms with Gasteiger partial charge in [0.15, 0.2) is 0 Å². The number of sulfonamides is 1. The highest BCUT2D eigenvalue weighted by Gasteiger charge is 2.28. The van der Waals surface area contributed by atoms with Crippen molar-refractivity contribution in [2.75, 3.05) is 33.5 Å². The number of hydrogen-bond acceptors (Lipinski definition) is 7. The fourth-order valence-corrected chi connectivity index (χ4v) is 2.86. The Kier molecular flexibility index (Phi) is 5.28. The second-order valence-electron chi connectivity index (χ2n) is 4.08. The second-order valence-corrected chi connectivity index (χ2v) is 6.10. The van der Waals surface area contributed by atoms with E-state index >= 15 is 0 Å². The summed E-state index contributed by atoms with van der Waals surface area (Å²) in [6.45, 7) is -0.492. The average Bonchev–Trinajstić information content (AvgIpc) is 2.45. The fourth-order valence-electron chi connectivity index (χ4n) is 1.53. The van der Waals surface area contributed by atoms with Gasteiger partial charge in [0.2, 0.25) is 10.0 Å². The zero-order valence-electron chi connectivity index (χ0n) is 11.8. The Hall–Kier alpha value is -2.13. The lowest BCUT2D eigenvalue weighted by molar-refractivity contribution is -0.140. The summed E-state index contributed by atoms with van der Waals surface area (Å²) < 4.78 is 34.6. The molecule has 1 aromatic carbocycles. The molecule has 0 aromatic heterocycles. The third-order valence-corrected chi connectivity index (χ3v) is 4.52. The van der Waals surface area contributed by atoms with E-state index < -0.39 is 28.5 Å². The molecule has 0 amide bonds. The van der Waals surface area contributed by atoms with E-state index in [-0.39, 0.29) is 16.1 Å². The molecule has 1 rings (SSSR count). The van der Waals surface area contributed by atoms with Crippen molar-refractivity contribution >= 4 is 27.6 Å². The lowest BCUT2D eigenvalue weighted by Crippen LogP contribution is -2.33. The van der Waals surface area contributed by atoms with E-state index in [4.69, 9.17) is 5.73 Å². The van der Waals surface area contributed by atoms with E-state index in [0.29, 0.717) is 0 Å². The van der Waals surface area contributed by atoms with Gasteiger partial charge in [-0.2, -0.15) is 4.31 Å². The molecule has 0 atom stereocenters. The summed E-state index contributed by atoms with van der Waals surface area (Å²) in [6.07, 6.45) is 0. The molecular weight excluding hydrogens is 300 g/mol. The second kappa shape index (κ2) is 6.55. The first-order chi connectivity index (χ1) is 9.73. The van der Waals surface area contributed by atoms with Crippen molar-refractivity contribution in [1.29, 1.82) is 0 Å². The first kappa shape index (κ1) is 16.9. The summed E-state index contributed by atoms with van der Waals surface area (Å²) in [5.41, 5.74) is 5.56. The number of esters is 2. The number of carbonyl (C=O) groups is 2. The molecule has 21 heavy (non-hydrogen) atoms. The average molecular weight is 316 g/mol. The van der Waals surface area contributed by atoms with Crippen LogP contribution >= 0.6 is 0 Å². The van der Waals surface area contributed by atoms with Crippen molar-refractivity contribution in [3.05, 3.63) is 23.8 Å². The number of nitrogens with zero attached hydrogens (tertiary/aromatic N) is 1. The van der Waals surface area contributed by atoms with Crippen LogP contribution in [-0.2, 0) is 24.3 Å². The number of nitrogens with two attached hydrogens (primary N) is 1. The molecule has 0 aliphatic heterocycles. The highest BCUT2D eigenvalue weighted by Crippen LogP contribution is 2.23. The van der Waals surface area contributed by atoms with Crippen LogP contribution < -0.4 is 5.73 Å². The molecule has 0 saturated heterocycles. The highest BCUT2D eigenvalue weighted by atomic mass is 32.2. The SMILES string of the molecule is COC(=O)CN(C)S(=O)(=O)c1cc(N)ccc1C(=O)OC. The number of likely N-dealkylation sites (N-methyl/N-ethyl adjacent to an activating group) is 1. The summed E-state index contributed by atoms with van der Waals surface area (Å²) in [6, 6.07) is 3.76. The minimum absolute atomic E-state index is 0.160. The van der Waals surface area contributed by atoms with Gasteiger partial charge < -0.3 is 15.2 Å². The number of nitrogen functional groups attached to an aromatic ring is 1. The van der Waals surface area contributed by atoms with Gasteiger partial charge in [-0.3, -0.25) is 4.79 Å². The minimum Gasteiger partial charge on any atom is -0.468 e. The summed E-state index contributed by atoms with van der Waals surface area (Å²) in [7, 11) is -0.636.